The van der Waals surface area contributed by atoms with E-state index >= 15 is 0 Å². The second kappa shape index (κ2) is 7.84. The van der Waals surface area contributed by atoms with Crippen LogP contribution in [0.25, 0.3) is 22.7 Å². The Morgan fingerprint density at radius 3 is 2.75 bits per heavy atom. The van der Waals surface area contributed by atoms with Crippen LogP contribution in [-0.2, 0) is 4.79 Å². The number of fused-ring (bicyclic) bond motifs is 1. The molecular formula is C21H18N3O4-. The van der Waals surface area contributed by atoms with Gasteiger partial charge in [-0.05, 0) is 55.3 Å². The van der Waals surface area contributed by atoms with Gasteiger partial charge in [0.1, 0.15) is 18.0 Å². The Morgan fingerprint density at radius 1 is 1.29 bits per heavy atom. The van der Waals surface area contributed by atoms with E-state index in [0.717, 1.165) is 16.6 Å². The molecule has 3 aromatic rings. The van der Waals surface area contributed by atoms with Crippen molar-refractivity contribution >= 4 is 28.7 Å². The first kappa shape index (κ1) is 19.0. The molecule has 0 bridgehead atoms. The lowest BCUT2D eigenvalue weighted by atomic mass is 10.1. The molecule has 28 heavy (non-hydrogen) atoms. The maximum Gasteiger partial charge on any atom is 0.162 e. The molecule has 1 N–H and O–H groups in total. The highest BCUT2D eigenvalue weighted by molar-refractivity contribution is 5.90. The van der Waals surface area contributed by atoms with Crippen LogP contribution >= 0.6 is 0 Å². The second-order valence-electron chi connectivity index (χ2n) is 6.27. The van der Waals surface area contributed by atoms with Gasteiger partial charge in [0.15, 0.2) is 11.5 Å². The number of aromatic amines is 1. The number of carbonyl (C=O) groups is 1. The molecule has 0 unspecified atom stereocenters. The minimum Gasteiger partial charge on any atom is -0.546 e. The van der Waals surface area contributed by atoms with Gasteiger partial charge in [-0.2, -0.15) is 5.26 Å². The van der Waals surface area contributed by atoms with Crippen LogP contribution < -0.4 is 14.6 Å². The van der Waals surface area contributed by atoms with Crippen LogP contribution in [-0.4, -0.2) is 29.2 Å². The molecule has 1 aromatic heterocycles. The molecule has 1 atom stereocenters. The van der Waals surface area contributed by atoms with E-state index in [4.69, 9.17) is 9.47 Å². The Kier molecular flexibility index (Phi) is 5.32. The molecule has 0 fully saturated rings. The molecule has 0 amide bonds. The fraction of sp³-hybridized carbons (Fsp3) is 0.190. The van der Waals surface area contributed by atoms with Crippen LogP contribution in [0, 0.1) is 18.3 Å². The van der Waals surface area contributed by atoms with E-state index in [1.54, 1.807) is 24.3 Å². The second-order valence-corrected chi connectivity index (χ2v) is 6.27. The van der Waals surface area contributed by atoms with E-state index in [0.29, 0.717) is 22.7 Å². The number of rotatable bonds is 6. The van der Waals surface area contributed by atoms with Gasteiger partial charge >= 0.3 is 0 Å². The smallest absolute Gasteiger partial charge is 0.162 e. The highest BCUT2D eigenvalue weighted by Crippen LogP contribution is 2.30. The summed E-state index contributed by atoms with van der Waals surface area (Å²) in [4.78, 5) is 18.5. The standard InChI is InChI=1S/C21H19N3O4/c1-12-4-6-16-17(8-12)24-20(23-16)15(11-22)9-14-5-7-18(19(10-14)27-3)28-13(2)21(25)26/h4-10,13H,1-3H3,(H,23,24)(H,25,26)/p-1/b15-9-/t13-/m0/s1. The third-order valence-electron chi connectivity index (χ3n) is 4.15. The lowest BCUT2D eigenvalue weighted by molar-refractivity contribution is -0.312. The van der Waals surface area contributed by atoms with Crippen LogP contribution in [0.5, 0.6) is 11.5 Å². The number of nitrogens with one attached hydrogen (secondary N) is 1. The number of carbonyl (C=O) groups excluding carboxylic acids is 1. The summed E-state index contributed by atoms with van der Waals surface area (Å²) in [5.41, 5.74) is 3.76. The van der Waals surface area contributed by atoms with E-state index in [2.05, 4.69) is 16.0 Å². The zero-order valence-corrected chi connectivity index (χ0v) is 15.6. The number of H-pyrrole nitrogens is 1. The van der Waals surface area contributed by atoms with Crippen molar-refractivity contribution in [2.75, 3.05) is 7.11 Å². The molecule has 142 valence electrons. The zero-order chi connectivity index (χ0) is 20.3. The Balaban J connectivity index is 1.95. The number of aryl methyl sites for hydroxylation is 1. The van der Waals surface area contributed by atoms with Crippen molar-refractivity contribution in [2.24, 2.45) is 0 Å². The molecule has 0 aliphatic heterocycles. The van der Waals surface area contributed by atoms with Crippen LogP contribution in [0.3, 0.4) is 0 Å². The third kappa shape index (κ3) is 3.96. The SMILES string of the molecule is COc1cc(/C=C(/C#N)c2nc3ccc(C)cc3[nH]2)ccc1O[C@@H](C)C(=O)[O-]. The number of aliphatic carboxylic acids is 1. The first-order valence-electron chi connectivity index (χ1n) is 8.55. The van der Waals surface area contributed by atoms with Crippen molar-refractivity contribution in [1.29, 1.82) is 5.26 Å². The Hall–Kier alpha value is -3.79. The topological polar surface area (TPSA) is 111 Å². The zero-order valence-electron chi connectivity index (χ0n) is 15.6. The Morgan fingerprint density at radius 2 is 2.07 bits per heavy atom. The van der Waals surface area contributed by atoms with Gasteiger partial charge in [0.25, 0.3) is 0 Å². The van der Waals surface area contributed by atoms with E-state index in [1.165, 1.54) is 14.0 Å². The number of allylic oxidation sites excluding steroid dienone is 1. The van der Waals surface area contributed by atoms with E-state index in [-0.39, 0.29) is 5.75 Å². The molecule has 1 heterocycles. The van der Waals surface area contributed by atoms with Crippen molar-refractivity contribution in [3.63, 3.8) is 0 Å². The number of imidazole rings is 1. The monoisotopic (exact) mass is 376 g/mol. The Bertz CT molecular complexity index is 1110. The summed E-state index contributed by atoms with van der Waals surface area (Å²) in [6.07, 6.45) is 0.544. The average molecular weight is 376 g/mol. The first-order valence-corrected chi connectivity index (χ1v) is 8.55. The van der Waals surface area contributed by atoms with Crippen LogP contribution in [0.4, 0.5) is 0 Å². The summed E-state index contributed by atoms with van der Waals surface area (Å²) in [7, 11) is 1.45. The van der Waals surface area contributed by atoms with Crippen molar-refractivity contribution in [2.45, 2.75) is 20.0 Å². The van der Waals surface area contributed by atoms with Crippen molar-refractivity contribution in [1.82, 2.24) is 9.97 Å². The molecule has 3 rings (SSSR count). The quantitative estimate of drug-likeness (QED) is 0.662. The van der Waals surface area contributed by atoms with Crippen LogP contribution in [0.1, 0.15) is 23.9 Å². The largest absolute Gasteiger partial charge is 0.546 e. The summed E-state index contributed by atoms with van der Waals surface area (Å²) in [6.45, 7) is 3.36. The third-order valence-corrected chi connectivity index (χ3v) is 4.15. The number of ether oxygens (including phenoxy) is 2. The van der Waals surface area contributed by atoms with Gasteiger partial charge in [0.05, 0.1) is 29.7 Å². The maximum atomic E-state index is 10.9. The number of carboxylic acids is 1. The number of methoxy groups -OCH3 is 1. The lowest BCUT2D eigenvalue weighted by Gasteiger charge is -2.17. The fourth-order valence-electron chi connectivity index (χ4n) is 2.68. The van der Waals surface area contributed by atoms with Crippen LogP contribution in [0.2, 0.25) is 0 Å². The number of nitriles is 1. The van der Waals surface area contributed by atoms with Gasteiger partial charge in [0, 0.05) is 0 Å². The normalized spacial score (nSPS) is 12.4. The molecule has 0 aliphatic rings. The summed E-state index contributed by atoms with van der Waals surface area (Å²) >= 11 is 0. The average Bonchev–Trinajstić information content (AvgIpc) is 3.09. The van der Waals surface area contributed by atoms with Gasteiger partial charge in [-0.3, -0.25) is 0 Å². The highest BCUT2D eigenvalue weighted by Gasteiger charge is 2.12. The van der Waals surface area contributed by atoms with Crippen molar-refractivity contribution in [3.8, 4) is 17.6 Å². The number of carboxylic acid groups (broad SMARTS) is 1. The lowest BCUT2D eigenvalue weighted by Crippen LogP contribution is -2.37. The van der Waals surface area contributed by atoms with Crippen molar-refractivity contribution < 1.29 is 19.4 Å². The van der Waals surface area contributed by atoms with Crippen molar-refractivity contribution in [3.05, 3.63) is 53.3 Å². The molecule has 0 aliphatic carbocycles. The predicted octanol–water partition coefficient (Wildman–Crippen LogP) is 2.46. The summed E-state index contributed by atoms with van der Waals surface area (Å²) in [5, 5.41) is 20.4. The number of aromatic nitrogens is 2. The minimum atomic E-state index is -1.32. The first-order chi connectivity index (χ1) is 13.4. The maximum absolute atomic E-state index is 10.9. The molecule has 0 spiro atoms. The predicted molar refractivity (Wildman–Crippen MR) is 102 cm³/mol. The summed E-state index contributed by atoms with van der Waals surface area (Å²) < 4.78 is 10.6. The molecule has 2 aromatic carbocycles. The van der Waals surface area contributed by atoms with Gasteiger partial charge in [-0.1, -0.05) is 12.1 Å². The number of benzene rings is 2. The fourth-order valence-corrected chi connectivity index (χ4v) is 2.68. The number of hydrogen-bond acceptors (Lipinski definition) is 6. The highest BCUT2D eigenvalue weighted by atomic mass is 16.5. The number of nitrogens with zero attached hydrogens (tertiary/aromatic N) is 2. The van der Waals surface area contributed by atoms with Gasteiger partial charge in [0.2, 0.25) is 0 Å². The van der Waals surface area contributed by atoms with E-state index in [9.17, 15) is 15.2 Å². The van der Waals surface area contributed by atoms with Crippen LogP contribution in [0.15, 0.2) is 36.4 Å². The molecule has 0 saturated carbocycles. The molecule has 7 nitrogen and oxygen atoms in total. The Labute approximate surface area is 161 Å². The van der Waals surface area contributed by atoms with Gasteiger partial charge in [-0.15, -0.1) is 0 Å². The minimum absolute atomic E-state index is 0.272. The van der Waals surface area contributed by atoms with Gasteiger partial charge in [-0.25, -0.2) is 4.98 Å². The molecule has 0 saturated heterocycles. The molecule has 0 radical (unpaired) electrons. The molecule has 7 heteroatoms. The molecular weight excluding hydrogens is 358 g/mol. The number of hydrogen-bond donors (Lipinski definition) is 1. The summed E-state index contributed by atoms with van der Waals surface area (Å²) in [5.74, 6) is -0.237. The summed E-state index contributed by atoms with van der Waals surface area (Å²) in [6, 6.07) is 12.9. The van der Waals surface area contributed by atoms with Gasteiger partial charge < -0.3 is 24.4 Å². The van der Waals surface area contributed by atoms with E-state index in [1.807, 2.05) is 25.1 Å². The van der Waals surface area contributed by atoms with E-state index < -0.39 is 12.1 Å².